The zero-order valence-electron chi connectivity index (χ0n) is 17.4. The molecule has 29 heavy (non-hydrogen) atoms. The lowest BCUT2D eigenvalue weighted by molar-refractivity contribution is -0.128. The summed E-state index contributed by atoms with van der Waals surface area (Å²) in [6.45, 7) is 6.15. The number of para-hydroxylation sites is 2. The number of amides is 1. The molecule has 1 atom stereocenters. The van der Waals surface area contributed by atoms with Crippen molar-refractivity contribution in [3.8, 4) is 0 Å². The summed E-state index contributed by atoms with van der Waals surface area (Å²) < 4.78 is 5.95. The van der Waals surface area contributed by atoms with Gasteiger partial charge in [-0.3, -0.25) is 9.69 Å². The first kappa shape index (κ1) is 18.9. The Kier molecular flexibility index (Phi) is 4.98. The molecule has 1 amide bonds. The van der Waals surface area contributed by atoms with Gasteiger partial charge in [-0.25, -0.2) is 0 Å². The third-order valence-electron chi connectivity index (χ3n) is 7.28. The maximum absolute atomic E-state index is 12.8. The molecule has 3 fully saturated rings. The molecule has 1 N–H and O–H groups in total. The first-order valence-corrected chi connectivity index (χ1v) is 11.3. The Labute approximate surface area is 172 Å². The Balaban J connectivity index is 1.16. The van der Waals surface area contributed by atoms with E-state index in [4.69, 9.17) is 4.42 Å². The molecule has 3 aliphatic rings. The number of hydrogen-bond acceptors (Lipinski definition) is 5. The maximum atomic E-state index is 12.8. The molecule has 6 nitrogen and oxygen atoms in total. The van der Waals surface area contributed by atoms with Gasteiger partial charge in [0.1, 0.15) is 5.52 Å². The van der Waals surface area contributed by atoms with Crippen LogP contribution in [0.25, 0.3) is 11.1 Å². The van der Waals surface area contributed by atoms with Crippen molar-refractivity contribution in [3.63, 3.8) is 0 Å². The van der Waals surface area contributed by atoms with Crippen molar-refractivity contribution in [1.82, 2.24) is 15.2 Å². The van der Waals surface area contributed by atoms with Gasteiger partial charge >= 0.3 is 0 Å². The number of likely N-dealkylation sites (tertiary alicyclic amines) is 1. The average Bonchev–Trinajstić information content (AvgIpc) is 3.41. The van der Waals surface area contributed by atoms with Crippen LogP contribution in [0.2, 0.25) is 0 Å². The van der Waals surface area contributed by atoms with E-state index in [1.807, 2.05) is 24.3 Å². The van der Waals surface area contributed by atoms with E-state index >= 15 is 0 Å². The van der Waals surface area contributed by atoms with Crippen molar-refractivity contribution in [2.75, 3.05) is 31.1 Å². The van der Waals surface area contributed by atoms with E-state index in [9.17, 15) is 4.79 Å². The minimum absolute atomic E-state index is 0.129. The quantitative estimate of drug-likeness (QED) is 0.837. The van der Waals surface area contributed by atoms with Gasteiger partial charge in [0.05, 0.1) is 5.92 Å². The number of fused-ring (bicyclic) bond motifs is 1. The fraction of sp³-hybridized carbons (Fsp3) is 0.652. The Morgan fingerprint density at radius 2 is 2.00 bits per heavy atom. The molecular formula is C23H32N4O2. The SMILES string of the molecule is CCC1(NC(=O)[C@H]2CCCN(C3CCN(c4nc5ccccc5o4)CC3)C2)CC1. The van der Waals surface area contributed by atoms with Gasteiger partial charge in [-0.15, -0.1) is 0 Å². The van der Waals surface area contributed by atoms with Gasteiger partial charge in [0.25, 0.3) is 6.01 Å². The zero-order chi connectivity index (χ0) is 19.8. The van der Waals surface area contributed by atoms with Gasteiger partial charge < -0.3 is 14.6 Å². The number of carbonyl (C=O) groups is 1. The molecule has 2 aromatic rings. The fourth-order valence-corrected chi connectivity index (χ4v) is 5.05. The van der Waals surface area contributed by atoms with E-state index in [0.29, 0.717) is 6.04 Å². The van der Waals surface area contributed by atoms with Crippen molar-refractivity contribution in [2.24, 2.45) is 5.92 Å². The highest BCUT2D eigenvalue weighted by atomic mass is 16.4. The smallest absolute Gasteiger partial charge is 0.298 e. The van der Waals surface area contributed by atoms with Crippen LogP contribution < -0.4 is 10.2 Å². The number of piperidine rings is 2. The summed E-state index contributed by atoms with van der Waals surface area (Å²) in [5.74, 6) is 0.445. The molecule has 5 rings (SSSR count). The molecule has 156 valence electrons. The number of rotatable bonds is 5. The molecule has 2 saturated heterocycles. The van der Waals surface area contributed by atoms with Gasteiger partial charge in [0.2, 0.25) is 5.91 Å². The standard InChI is InChI=1S/C23H32N4O2/c1-2-23(11-12-23)25-21(28)17-6-5-13-27(16-17)18-9-14-26(15-10-18)22-24-19-7-3-4-8-20(19)29-22/h3-4,7-8,17-18H,2,5-6,9-16H2,1H3,(H,25,28)/t17-/m0/s1. The summed E-state index contributed by atoms with van der Waals surface area (Å²) in [5.41, 5.74) is 1.91. The second-order valence-electron chi connectivity index (χ2n) is 9.14. The summed E-state index contributed by atoms with van der Waals surface area (Å²) in [5, 5.41) is 3.36. The van der Waals surface area contributed by atoms with Crippen LogP contribution in [0.5, 0.6) is 0 Å². The van der Waals surface area contributed by atoms with E-state index in [1.165, 1.54) is 0 Å². The third-order valence-corrected chi connectivity index (χ3v) is 7.28. The normalized spacial score (nSPS) is 25.3. The van der Waals surface area contributed by atoms with Gasteiger partial charge in [-0.1, -0.05) is 19.1 Å². The summed E-state index contributed by atoms with van der Waals surface area (Å²) in [7, 11) is 0. The van der Waals surface area contributed by atoms with Crippen molar-refractivity contribution in [1.29, 1.82) is 0 Å². The minimum atomic E-state index is 0.129. The monoisotopic (exact) mass is 396 g/mol. The van der Waals surface area contributed by atoms with Crippen molar-refractivity contribution < 1.29 is 9.21 Å². The summed E-state index contributed by atoms with van der Waals surface area (Å²) in [6, 6.07) is 9.26. The summed E-state index contributed by atoms with van der Waals surface area (Å²) >= 11 is 0. The zero-order valence-corrected chi connectivity index (χ0v) is 17.4. The number of nitrogens with zero attached hydrogens (tertiary/aromatic N) is 3. The first-order valence-electron chi connectivity index (χ1n) is 11.3. The molecule has 6 heteroatoms. The second kappa shape index (κ2) is 7.63. The predicted octanol–water partition coefficient (Wildman–Crippen LogP) is 3.57. The van der Waals surface area contributed by atoms with Gasteiger partial charge in [-0.2, -0.15) is 4.98 Å². The first-order chi connectivity index (χ1) is 14.2. The molecule has 1 aromatic carbocycles. The Hall–Kier alpha value is -2.08. The van der Waals surface area contributed by atoms with Crippen LogP contribution in [0, 0.1) is 5.92 Å². The summed E-state index contributed by atoms with van der Waals surface area (Å²) in [6.07, 6.45) is 7.73. The highest BCUT2D eigenvalue weighted by Crippen LogP contribution is 2.39. The van der Waals surface area contributed by atoms with Crippen molar-refractivity contribution in [2.45, 2.75) is 63.5 Å². The van der Waals surface area contributed by atoms with Crippen LogP contribution in [0.4, 0.5) is 6.01 Å². The second-order valence-corrected chi connectivity index (χ2v) is 9.14. The van der Waals surface area contributed by atoms with E-state index in [1.54, 1.807) is 0 Å². The van der Waals surface area contributed by atoms with E-state index in [-0.39, 0.29) is 17.4 Å². The van der Waals surface area contributed by atoms with E-state index < -0.39 is 0 Å². The molecule has 0 radical (unpaired) electrons. The molecule has 1 aliphatic carbocycles. The van der Waals surface area contributed by atoms with E-state index in [2.05, 4.69) is 27.0 Å². The largest absolute Gasteiger partial charge is 0.423 e. The molecule has 0 spiro atoms. The number of anilines is 1. The number of nitrogens with one attached hydrogen (secondary N) is 1. The van der Waals surface area contributed by atoms with Crippen LogP contribution in [0.15, 0.2) is 28.7 Å². The minimum Gasteiger partial charge on any atom is -0.423 e. The highest BCUT2D eigenvalue weighted by molar-refractivity contribution is 5.80. The van der Waals surface area contributed by atoms with Crippen LogP contribution in [0.1, 0.15) is 51.9 Å². The number of benzene rings is 1. The molecule has 1 aromatic heterocycles. The molecule has 0 unspecified atom stereocenters. The lowest BCUT2D eigenvalue weighted by Crippen LogP contribution is -2.52. The van der Waals surface area contributed by atoms with Gasteiger partial charge in [0, 0.05) is 31.2 Å². The van der Waals surface area contributed by atoms with Crippen molar-refractivity contribution in [3.05, 3.63) is 24.3 Å². The highest BCUT2D eigenvalue weighted by Gasteiger charge is 2.43. The molecule has 3 heterocycles. The van der Waals surface area contributed by atoms with Gasteiger partial charge in [0.15, 0.2) is 5.58 Å². The van der Waals surface area contributed by atoms with Crippen molar-refractivity contribution >= 4 is 23.0 Å². The predicted molar refractivity (Wildman–Crippen MR) is 114 cm³/mol. The number of aromatic nitrogens is 1. The van der Waals surface area contributed by atoms with Crippen LogP contribution in [-0.4, -0.2) is 53.6 Å². The van der Waals surface area contributed by atoms with Crippen LogP contribution in [0.3, 0.4) is 0 Å². The number of oxazole rings is 1. The Morgan fingerprint density at radius 1 is 1.21 bits per heavy atom. The lowest BCUT2D eigenvalue weighted by atomic mass is 9.93. The Bertz CT molecular complexity index is 834. The molecular weight excluding hydrogens is 364 g/mol. The Morgan fingerprint density at radius 3 is 2.72 bits per heavy atom. The average molecular weight is 397 g/mol. The van der Waals surface area contributed by atoms with Crippen LogP contribution in [-0.2, 0) is 4.79 Å². The fourth-order valence-electron chi connectivity index (χ4n) is 5.05. The summed E-state index contributed by atoms with van der Waals surface area (Å²) in [4.78, 5) is 22.3. The lowest BCUT2D eigenvalue weighted by Gasteiger charge is -2.41. The van der Waals surface area contributed by atoms with E-state index in [0.717, 1.165) is 88.2 Å². The molecule has 2 aliphatic heterocycles. The third kappa shape index (κ3) is 3.87. The number of carbonyl (C=O) groups excluding carboxylic acids is 1. The maximum Gasteiger partial charge on any atom is 0.298 e. The van der Waals surface area contributed by atoms with Crippen LogP contribution >= 0.6 is 0 Å². The molecule has 0 bridgehead atoms. The van der Waals surface area contributed by atoms with Gasteiger partial charge in [-0.05, 0) is 63.6 Å². The topological polar surface area (TPSA) is 61.6 Å². The number of hydrogen-bond donors (Lipinski definition) is 1. The molecule has 1 saturated carbocycles.